The molecular weight excluding hydrogens is 230 g/mol. The van der Waals surface area contributed by atoms with Crippen LogP contribution in [0.1, 0.15) is 44.9 Å². The molecule has 1 aliphatic heterocycles. The first-order valence-electron chi connectivity index (χ1n) is 7.18. The van der Waals surface area contributed by atoms with Crippen molar-refractivity contribution in [2.24, 2.45) is 5.92 Å². The molecule has 0 aromatic rings. The number of rotatable bonds is 5. The van der Waals surface area contributed by atoms with Gasteiger partial charge in [0.2, 0.25) is 0 Å². The normalized spacial score (nSPS) is 25.9. The Hall–Kier alpha value is 0.270. The smallest absolute Gasteiger partial charge is 0.0469 e. The molecule has 0 bridgehead atoms. The lowest BCUT2D eigenvalue weighted by Gasteiger charge is -2.36. The Morgan fingerprint density at radius 3 is 2.53 bits per heavy atom. The van der Waals surface area contributed by atoms with E-state index in [0.29, 0.717) is 4.75 Å². The molecule has 1 aliphatic carbocycles. The highest BCUT2D eigenvalue weighted by atomic mass is 32.2. The molecule has 0 amide bonds. The van der Waals surface area contributed by atoms with E-state index in [1.807, 2.05) is 0 Å². The molecule has 0 aromatic carbocycles. The van der Waals surface area contributed by atoms with Gasteiger partial charge in [0.15, 0.2) is 0 Å². The van der Waals surface area contributed by atoms with E-state index in [-0.39, 0.29) is 0 Å². The standard InChI is InChI=1S/C14H27NOS/c1-17-14(7-3-2-4-8-14)12-15-11-13-5-9-16-10-6-13/h13,15H,2-12H2,1H3. The number of hydrogen-bond acceptors (Lipinski definition) is 3. The second kappa shape index (κ2) is 7.01. The van der Waals surface area contributed by atoms with Gasteiger partial charge < -0.3 is 10.1 Å². The van der Waals surface area contributed by atoms with Crippen LogP contribution >= 0.6 is 11.8 Å². The average Bonchev–Trinajstić information content (AvgIpc) is 2.41. The van der Waals surface area contributed by atoms with Crippen molar-refractivity contribution in [3.05, 3.63) is 0 Å². The second-order valence-electron chi connectivity index (χ2n) is 5.63. The van der Waals surface area contributed by atoms with Gasteiger partial charge in [-0.25, -0.2) is 0 Å². The van der Waals surface area contributed by atoms with Crippen molar-refractivity contribution in [2.45, 2.75) is 49.7 Å². The van der Waals surface area contributed by atoms with E-state index >= 15 is 0 Å². The fourth-order valence-corrected chi connectivity index (χ4v) is 4.05. The Kier molecular flexibility index (Phi) is 5.64. The molecule has 1 heterocycles. The summed E-state index contributed by atoms with van der Waals surface area (Å²) in [5.41, 5.74) is 0. The Morgan fingerprint density at radius 1 is 1.18 bits per heavy atom. The van der Waals surface area contributed by atoms with Gasteiger partial charge in [0.25, 0.3) is 0 Å². The average molecular weight is 257 g/mol. The van der Waals surface area contributed by atoms with Gasteiger partial charge in [-0.05, 0) is 44.4 Å². The maximum Gasteiger partial charge on any atom is 0.0469 e. The molecule has 2 nitrogen and oxygen atoms in total. The molecule has 0 atom stereocenters. The third-order valence-electron chi connectivity index (χ3n) is 4.42. The molecule has 17 heavy (non-hydrogen) atoms. The summed E-state index contributed by atoms with van der Waals surface area (Å²) in [5.74, 6) is 0.853. The lowest BCUT2D eigenvalue weighted by atomic mass is 9.88. The first-order chi connectivity index (χ1) is 8.35. The van der Waals surface area contributed by atoms with E-state index in [9.17, 15) is 0 Å². The Morgan fingerprint density at radius 2 is 1.88 bits per heavy atom. The van der Waals surface area contributed by atoms with Gasteiger partial charge in [-0.1, -0.05) is 19.3 Å². The van der Waals surface area contributed by atoms with Crippen LogP contribution in [0.2, 0.25) is 0 Å². The topological polar surface area (TPSA) is 21.3 Å². The molecule has 0 unspecified atom stereocenters. The Bertz CT molecular complexity index is 210. The summed E-state index contributed by atoms with van der Waals surface area (Å²) >= 11 is 2.09. The van der Waals surface area contributed by atoms with E-state index in [1.54, 1.807) is 0 Å². The lowest BCUT2D eigenvalue weighted by Crippen LogP contribution is -2.41. The molecule has 0 radical (unpaired) electrons. The molecule has 1 saturated carbocycles. The zero-order valence-corrected chi connectivity index (χ0v) is 12.0. The van der Waals surface area contributed by atoms with E-state index in [0.717, 1.165) is 19.1 Å². The van der Waals surface area contributed by atoms with E-state index in [4.69, 9.17) is 4.74 Å². The predicted molar refractivity (Wildman–Crippen MR) is 75.7 cm³/mol. The molecule has 2 fully saturated rings. The van der Waals surface area contributed by atoms with E-state index < -0.39 is 0 Å². The highest BCUT2D eigenvalue weighted by Gasteiger charge is 2.30. The van der Waals surface area contributed by atoms with Gasteiger partial charge in [-0.15, -0.1) is 0 Å². The number of thioether (sulfide) groups is 1. The van der Waals surface area contributed by atoms with Crippen LogP contribution in [-0.2, 0) is 4.74 Å². The maximum atomic E-state index is 5.41. The summed E-state index contributed by atoms with van der Waals surface area (Å²) in [4.78, 5) is 0. The second-order valence-corrected chi connectivity index (χ2v) is 6.91. The molecule has 0 spiro atoms. The van der Waals surface area contributed by atoms with Crippen molar-refractivity contribution in [3.63, 3.8) is 0 Å². The molecule has 2 rings (SSSR count). The van der Waals surface area contributed by atoms with Gasteiger partial charge in [0.1, 0.15) is 0 Å². The highest BCUT2D eigenvalue weighted by molar-refractivity contribution is 8.00. The van der Waals surface area contributed by atoms with Crippen molar-refractivity contribution >= 4 is 11.8 Å². The molecule has 2 aliphatic rings. The van der Waals surface area contributed by atoms with Crippen LogP contribution in [0.25, 0.3) is 0 Å². The van der Waals surface area contributed by atoms with Crippen molar-refractivity contribution in [2.75, 3.05) is 32.6 Å². The first kappa shape index (κ1) is 13.7. The number of hydrogen-bond donors (Lipinski definition) is 1. The third-order valence-corrected chi connectivity index (χ3v) is 5.84. The molecule has 3 heteroatoms. The summed E-state index contributed by atoms with van der Waals surface area (Å²) < 4.78 is 5.95. The van der Waals surface area contributed by atoms with Crippen molar-refractivity contribution < 1.29 is 4.74 Å². The van der Waals surface area contributed by atoms with Gasteiger partial charge in [0.05, 0.1) is 0 Å². The molecule has 1 saturated heterocycles. The van der Waals surface area contributed by atoms with Crippen LogP contribution in [0.5, 0.6) is 0 Å². The van der Waals surface area contributed by atoms with Crippen molar-refractivity contribution in [1.82, 2.24) is 5.32 Å². The van der Waals surface area contributed by atoms with Crippen LogP contribution in [0, 0.1) is 5.92 Å². The van der Waals surface area contributed by atoms with Crippen LogP contribution in [0.3, 0.4) is 0 Å². The van der Waals surface area contributed by atoms with Crippen LogP contribution in [0.15, 0.2) is 0 Å². The molecule has 1 N–H and O–H groups in total. The summed E-state index contributed by atoms with van der Waals surface area (Å²) in [7, 11) is 0. The highest BCUT2D eigenvalue weighted by Crippen LogP contribution is 2.37. The third kappa shape index (κ3) is 4.15. The summed E-state index contributed by atoms with van der Waals surface area (Å²) in [6, 6.07) is 0. The van der Waals surface area contributed by atoms with Crippen LogP contribution in [-0.4, -0.2) is 37.3 Å². The van der Waals surface area contributed by atoms with E-state index in [1.165, 1.54) is 58.0 Å². The fourth-order valence-electron chi connectivity index (χ4n) is 3.10. The zero-order valence-electron chi connectivity index (χ0n) is 11.2. The minimum Gasteiger partial charge on any atom is -0.381 e. The Balaban J connectivity index is 1.68. The minimum absolute atomic E-state index is 0.545. The fraction of sp³-hybridized carbons (Fsp3) is 1.00. The summed E-state index contributed by atoms with van der Waals surface area (Å²) in [5, 5.41) is 3.74. The van der Waals surface area contributed by atoms with Crippen molar-refractivity contribution in [1.29, 1.82) is 0 Å². The van der Waals surface area contributed by atoms with Gasteiger partial charge >= 0.3 is 0 Å². The number of ether oxygens (including phenoxy) is 1. The minimum atomic E-state index is 0.545. The van der Waals surface area contributed by atoms with Crippen molar-refractivity contribution in [3.8, 4) is 0 Å². The Labute approximate surface area is 110 Å². The zero-order chi connectivity index (χ0) is 12.0. The maximum absolute atomic E-state index is 5.41. The predicted octanol–water partition coefficient (Wildman–Crippen LogP) is 3.07. The largest absolute Gasteiger partial charge is 0.381 e. The molecule has 0 aromatic heterocycles. The first-order valence-corrected chi connectivity index (χ1v) is 8.41. The lowest BCUT2D eigenvalue weighted by molar-refractivity contribution is 0.0661. The number of nitrogens with one attached hydrogen (secondary N) is 1. The monoisotopic (exact) mass is 257 g/mol. The SMILES string of the molecule is CSC1(CNCC2CCOCC2)CCCCC1. The van der Waals surface area contributed by atoms with Crippen LogP contribution in [0.4, 0.5) is 0 Å². The van der Waals surface area contributed by atoms with Gasteiger partial charge in [0, 0.05) is 24.5 Å². The summed E-state index contributed by atoms with van der Waals surface area (Å²) in [6.07, 6.45) is 11.9. The van der Waals surface area contributed by atoms with Gasteiger partial charge in [-0.3, -0.25) is 0 Å². The summed E-state index contributed by atoms with van der Waals surface area (Å²) in [6.45, 7) is 4.36. The molecular formula is C14H27NOS. The molecule has 100 valence electrons. The van der Waals surface area contributed by atoms with E-state index in [2.05, 4.69) is 23.3 Å². The van der Waals surface area contributed by atoms with Crippen LogP contribution < -0.4 is 5.32 Å². The van der Waals surface area contributed by atoms with Gasteiger partial charge in [-0.2, -0.15) is 11.8 Å². The quantitative estimate of drug-likeness (QED) is 0.818.